The standard InChI is InChI=1S/C17H27N3O3S.C12H10FN/c1-12(2)10-14(17(23)19-9-7-16(21)22)20-11-13(6-8-18-3)4-5-15(20)24;1-9-4-2-6-11(13)12(9)10-5-3-7-14-8-10/h4-5,11-12,14,18H,6-10H2,1-3H3,(H,19,23)(H,21,22);2-8H,1H3. The third kappa shape index (κ3) is 9.79. The number of pyridine rings is 2. The monoisotopic (exact) mass is 540 g/mol. The Bertz CT molecular complexity index is 1230. The molecule has 1 amide bonds. The number of hydrogen-bond acceptors (Lipinski definition) is 5. The molecule has 3 rings (SSSR count). The molecule has 0 saturated heterocycles. The van der Waals surface area contributed by atoms with Crippen molar-refractivity contribution in [1.82, 2.24) is 20.2 Å². The second-order valence-corrected chi connectivity index (χ2v) is 9.81. The quantitative estimate of drug-likeness (QED) is 0.284. The van der Waals surface area contributed by atoms with E-state index in [4.69, 9.17) is 17.3 Å². The molecule has 0 aliphatic rings. The minimum atomic E-state index is -0.929. The second-order valence-electron chi connectivity index (χ2n) is 9.39. The molecule has 0 saturated carbocycles. The van der Waals surface area contributed by atoms with Gasteiger partial charge in [-0.2, -0.15) is 0 Å². The number of amides is 1. The van der Waals surface area contributed by atoms with E-state index in [9.17, 15) is 14.0 Å². The van der Waals surface area contributed by atoms with Gasteiger partial charge in [-0.15, -0.1) is 0 Å². The fourth-order valence-corrected chi connectivity index (χ4v) is 4.17. The van der Waals surface area contributed by atoms with Crippen LogP contribution in [-0.2, 0) is 16.0 Å². The molecule has 0 spiro atoms. The van der Waals surface area contributed by atoms with Gasteiger partial charge in [0.25, 0.3) is 0 Å². The number of carbonyl (C=O) groups excluding carboxylic acids is 1. The summed E-state index contributed by atoms with van der Waals surface area (Å²) in [5, 5.41) is 14.5. The van der Waals surface area contributed by atoms with Crippen molar-refractivity contribution in [1.29, 1.82) is 0 Å². The number of carboxylic acid groups (broad SMARTS) is 1. The summed E-state index contributed by atoms with van der Waals surface area (Å²) < 4.78 is 15.9. The van der Waals surface area contributed by atoms with Crippen LogP contribution in [0.2, 0.25) is 0 Å². The molecule has 7 nitrogen and oxygen atoms in total. The van der Waals surface area contributed by atoms with E-state index in [2.05, 4.69) is 15.6 Å². The van der Waals surface area contributed by atoms with Gasteiger partial charge >= 0.3 is 5.97 Å². The lowest BCUT2D eigenvalue weighted by Crippen LogP contribution is -2.35. The van der Waals surface area contributed by atoms with E-state index in [1.807, 2.05) is 62.8 Å². The molecule has 1 aromatic carbocycles. The SMILES string of the molecule is CNCCc1ccc(=S)n(C(CC(C)C)C(=O)NCCC(=O)O)c1.Cc1cccc(F)c1-c1cccnc1. The molecule has 2 heterocycles. The summed E-state index contributed by atoms with van der Waals surface area (Å²) in [6.07, 6.45) is 6.69. The van der Waals surface area contributed by atoms with Crippen LogP contribution in [0.3, 0.4) is 0 Å². The molecule has 38 heavy (non-hydrogen) atoms. The third-order valence-corrected chi connectivity index (χ3v) is 6.15. The maximum absolute atomic E-state index is 13.5. The maximum atomic E-state index is 13.5. The van der Waals surface area contributed by atoms with Crippen molar-refractivity contribution in [2.45, 2.75) is 46.1 Å². The molecule has 0 fully saturated rings. The first kappa shape index (κ1) is 30.8. The summed E-state index contributed by atoms with van der Waals surface area (Å²) in [6.45, 7) is 6.95. The highest BCUT2D eigenvalue weighted by molar-refractivity contribution is 7.71. The first-order valence-electron chi connectivity index (χ1n) is 12.6. The zero-order valence-electron chi connectivity index (χ0n) is 22.4. The average Bonchev–Trinajstić information content (AvgIpc) is 2.87. The third-order valence-electron chi connectivity index (χ3n) is 5.81. The predicted octanol–water partition coefficient (Wildman–Crippen LogP) is 5.35. The number of carbonyl (C=O) groups is 2. The van der Waals surface area contributed by atoms with Gasteiger partial charge < -0.3 is 20.3 Å². The number of benzene rings is 1. The number of likely N-dealkylation sites (N-methyl/N-ethyl adjacent to an activating group) is 1. The molecule has 0 aliphatic carbocycles. The topological polar surface area (TPSA) is 96.2 Å². The van der Waals surface area contributed by atoms with E-state index in [0.29, 0.717) is 22.5 Å². The lowest BCUT2D eigenvalue weighted by Gasteiger charge is -2.23. The van der Waals surface area contributed by atoms with Gasteiger partial charge in [-0.3, -0.25) is 14.6 Å². The van der Waals surface area contributed by atoms with Gasteiger partial charge in [0, 0.05) is 36.3 Å². The van der Waals surface area contributed by atoms with Crippen LogP contribution in [-0.4, -0.2) is 46.7 Å². The number of nitrogens with zero attached hydrogens (tertiary/aromatic N) is 2. The van der Waals surface area contributed by atoms with Crippen molar-refractivity contribution in [3.8, 4) is 11.1 Å². The van der Waals surface area contributed by atoms with Crippen LogP contribution in [0.5, 0.6) is 0 Å². The van der Waals surface area contributed by atoms with E-state index in [-0.39, 0.29) is 24.7 Å². The van der Waals surface area contributed by atoms with Crippen LogP contribution in [0, 0.1) is 23.3 Å². The zero-order chi connectivity index (χ0) is 28.1. The number of aromatic nitrogens is 2. The Balaban J connectivity index is 0.000000304. The molecule has 204 valence electrons. The molecule has 1 atom stereocenters. The van der Waals surface area contributed by atoms with Crippen LogP contribution >= 0.6 is 12.2 Å². The summed E-state index contributed by atoms with van der Waals surface area (Å²) in [4.78, 5) is 27.1. The van der Waals surface area contributed by atoms with Gasteiger partial charge in [0.15, 0.2) is 0 Å². The van der Waals surface area contributed by atoms with Crippen LogP contribution in [0.15, 0.2) is 61.1 Å². The normalized spacial score (nSPS) is 11.4. The number of nitrogens with one attached hydrogen (secondary N) is 2. The Kier molecular flexibility index (Phi) is 12.8. The van der Waals surface area contributed by atoms with Crippen molar-refractivity contribution < 1.29 is 19.1 Å². The molecule has 0 radical (unpaired) electrons. The fourth-order valence-electron chi connectivity index (χ4n) is 3.92. The highest BCUT2D eigenvalue weighted by atomic mass is 32.1. The minimum absolute atomic E-state index is 0.0895. The Morgan fingerprint density at radius 1 is 1.13 bits per heavy atom. The lowest BCUT2D eigenvalue weighted by atomic mass is 10.0. The van der Waals surface area contributed by atoms with Crippen LogP contribution in [0.25, 0.3) is 11.1 Å². The van der Waals surface area contributed by atoms with Gasteiger partial charge in [-0.05, 0) is 68.6 Å². The Labute approximate surface area is 229 Å². The van der Waals surface area contributed by atoms with Crippen LogP contribution in [0.1, 0.15) is 43.9 Å². The maximum Gasteiger partial charge on any atom is 0.305 e. The molecule has 1 unspecified atom stereocenters. The molecule has 0 bridgehead atoms. The summed E-state index contributed by atoms with van der Waals surface area (Å²) >= 11 is 5.40. The zero-order valence-corrected chi connectivity index (χ0v) is 23.2. The van der Waals surface area contributed by atoms with Crippen molar-refractivity contribution in [2.24, 2.45) is 5.92 Å². The van der Waals surface area contributed by atoms with E-state index in [1.165, 1.54) is 6.07 Å². The molecule has 9 heteroatoms. The van der Waals surface area contributed by atoms with Crippen molar-refractivity contribution in [2.75, 3.05) is 20.1 Å². The first-order valence-corrected chi connectivity index (χ1v) is 13.1. The Morgan fingerprint density at radius 2 is 1.89 bits per heavy atom. The average molecular weight is 541 g/mol. The van der Waals surface area contributed by atoms with Crippen molar-refractivity contribution >= 4 is 24.1 Å². The molecule has 0 aliphatic heterocycles. The molecule has 3 N–H and O–H groups in total. The van der Waals surface area contributed by atoms with Crippen molar-refractivity contribution in [3.63, 3.8) is 0 Å². The van der Waals surface area contributed by atoms with Gasteiger partial charge in [-0.25, -0.2) is 4.39 Å². The van der Waals surface area contributed by atoms with Gasteiger partial charge in [0.05, 0.1) is 6.42 Å². The molecule has 2 aromatic heterocycles. The first-order chi connectivity index (χ1) is 18.1. The highest BCUT2D eigenvalue weighted by Gasteiger charge is 2.22. The number of aliphatic carboxylic acids is 1. The summed E-state index contributed by atoms with van der Waals surface area (Å²) in [5.74, 6) is -1.01. The Morgan fingerprint density at radius 3 is 2.50 bits per heavy atom. The summed E-state index contributed by atoms with van der Waals surface area (Å²) in [7, 11) is 1.90. The van der Waals surface area contributed by atoms with Gasteiger partial charge in [-0.1, -0.05) is 50.3 Å². The second kappa shape index (κ2) is 15.7. The van der Waals surface area contributed by atoms with Gasteiger partial charge in [0.2, 0.25) is 5.91 Å². The number of carboxylic acids is 1. The number of halogens is 1. The highest BCUT2D eigenvalue weighted by Crippen LogP contribution is 2.25. The lowest BCUT2D eigenvalue weighted by molar-refractivity contribution is -0.137. The van der Waals surface area contributed by atoms with Crippen molar-refractivity contribution in [3.05, 3.63) is 82.6 Å². The van der Waals surface area contributed by atoms with E-state index >= 15 is 0 Å². The number of aryl methyl sites for hydroxylation is 1. The Hall–Kier alpha value is -3.43. The summed E-state index contributed by atoms with van der Waals surface area (Å²) in [6, 6.07) is 12.1. The molecular formula is C29H37FN4O3S. The van der Waals surface area contributed by atoms with E-state index in [0.717, 1.165) is 29.7 Å². The fraction of sp³-hybridized carbons (Fsp3) is 0.379. The number of hydrogen-bond donors (Lipinski definition) is 3. The summed E-state index contributed by atoms with van der Waals surface area (Å²) in [5.41, 5.74) is 3.49. The van der Waals surface area contributed by atoms with E-state index in [1.54, 1.807) is 24.5 Å². The molecule has 3 aromatic rings. The van der Waals surface area contributed by atoms with Crippen LogP contribution < -0.4 is 10.6 Å². The van der Waals surface area contributed by atoms with Crippen LogP contribution in [0.4, 0.5) is 4.39 Å². The molecular weight excluding hydrogens is 503 g/mol. The predicted molar refractivity (Wildman–Crippen MR) is 151 cm³/mol. The largest absolute Gasteiger partial charge is 0.481 e. The number of rotatable bonds is 11. The minimum Gasteiger partial charge on any atom is -0.481 e. The smallest absolute Gasteiger partial charge is 0.305 e. The van der Waals surface area contributed by atoms with Gasteiger partial charge in [0.1, 0.15) is 16.5 Å². The van der Waals surface area contributed by atoms with E-state index < -0.39 is 12.0 Å².